The Morgan fingerprint density at radius 2 is 1.34 bits per heavy atom. The normalized spacial score (nSPS) is 11.9. The molecule has 0 nitrogen and oxygen atoms in total. The molecule has 0 heterocycles. The fourth-order valence-corrected chi connectivity index (χ4v) is 3.69. The number of halogens is 7. The van der Waals surface area contributed by atoms with Crippen molar-refractivity contribution in [3.63, 3.8) is 0 Å². The molecule has 0 bridgehead atoms. The van der Waals surface area contributed by atoms with Crippen LogP contribution in [0.5, 0.6) is 0 Å². The number of fused-ring (bicyclic) bond motifs is 1. The van der Waals surface area contributed by atoms with Gasteiger partial charge < -0.3 is 0 Å². The van der Waals surface area contributed by atoms with Crippen LogP contribution in [0.4, 0.5) is 30.7 Å². The van der Waals surface area contributed by atoms with Crippen LogP contribution in [0.15, 0.2) is 60.7 Å². The maximum Gasteiger partial charge on any atom is 0.419 e. The van der Waals surface area contributed by atoms with Crippen molar-refractivity contribution in [2.24, 2.45) is 0 Å². The van der Waals surface area contributed by atoms with Crippen molar-refractivity contribution in [2.75, 3.05) is 0 Å². The van der Waals surface area contributed by atoms with Gasteiger partial charge in [-0.05, 0) is 52.8 Å². The first-order valence-electron chi connectivity index (χ1n) is 9.67. The molecule has 0 fully saturated rings. The van der Waals surface area contributed by atoms with Crippen molar-refractivity contribution in [1.82, 2.24) is 0 Å². The summed E-state index contributed by atoms with van der Waals surface area (Å²) in [6.45, 7) is 1.96. The molecule has 0 N–H and O–H groups in total. The molecule has 0 aromatic heterocycles. The highest BCUT2D eigenvalue weighted by atomic mass is 19.4. The van der Waals surface area contributed by atoms with E-state index in [4.69, 9.17) is 0 Å². The van der Waals surface area contributed by atoms with Gasteiger partial charge in [-0.2, -0.15) is 13.2 Å². The van der Waals surface area contributed by atoms with Crippen LogP contribution in [-0.4, -0.2) is 0 Å². The zero-order valence-corrected chi connectivity index (χ0v) is 16.6. The van der Waals surface area contributed by atoms with E-state index < -0.39 is 46.1 Å². The Kier molecular flexibility index (Phi) is 5.44. The Bertz CT molecular complexity index is 1310. The maximum absolute atomic E-state index is 15.1. The summed E-state index contributed by atoms with van der Waals surface area (Å²) in [6.07, 6.45) is -4.17. The number of hydrogen-bond acceptors (Lipinski definition) is 0. The van der Waals surface area contributed by atoms with E-state index in [-0.39, 0.29) is 16.5 Å². The van der Waals surface area contributed by atoms with E-state index in [1.54, 1.807) is 18.2 Å². The van der Waals surface area contributed by atoms with Crippen molar-refractivity contribution in [3.05, 3.63) is 95.1 Å². The van der Waals surface area contributed by atoms with E-state index in [0.29, 0.717) is 17.5 Å². The molecule has 0 aliphatic rings. The first-order valence-corrected chi connectivity index (χ1v) is 9.67. The summed E-state index contributed by atoms with van der Waals surface area (Å²) in [6, 6.07) is 11.6. The SMILES string of the molecule is CCc1ccc2c(F)c(-c3cc(F)c(-c4ccc(C(F)(F)F)c(F)c4)c(F)c3)ccc2c1. The second-order valence-electron chi connectivity index (χ2n) is 7.34. The maximum atomic E-state index is 15.1. The lowest BCUT2D eigenvalue weighted by atomic mass is 9.95. The second-order valence-corrected chi connectivity index (χ2v) is 7.34. The summed E-state index contributed by atoms with van der Waals surface area (Å²) in [5.41, 5.74) is -1.75. The number of alkyl halides is 3. The molecule has 0 aliphatic carbocycles. The molecule has 0 saturated heterocycles. The summed E-state index contributed by atoms with van der Waals surface area (Å²) in [5, 5.41) is 0.929. The average Bonchev–Trinajstić information content (AvgIpc) is 2.72. The first-order chi connectivity index (χ1) is 15.1. The number of benzene rings is 4. The lowest BCUT2D eigenvalue weighted by Gasteiger charge is -2.13. The minimum absolute atomic E-state index is 0.0373. The standard InChI is InChI=1S/C25H15F7/c1-2-13-3-6-17-14(9-13)4-7-18(24(17)29)16-11-21(27)23(22(28)12-16)15-5-8-19(20(26)10-15)25(30,31)32/h3-12H,2H2,1H3. The zero-order chi connectivity index (χ0) is 23.2. The Balaban J connectivity index is 1.80. The highest BCUT2D eigenvalue weighted by Crippen LogP contribution is 2.37. The van der Waals surface area contributed by atoms with Gasteiger partial charge in [-0.3, -0.25) is 0 Å². The Labute approximate surface area is 178 Å². The summed E-state index contributed by atoms with van der Waals surface area (Å²) < 4.78 is 96.8. The molecule has 0 saturated carbocycles. The third-order valence-electron chi connectivity index (χ3n) is 5.34. The number of hydrogen-bond donors (Lipinski definition) is 0. The minimum Gasteiger partial charge on any atom is -0.206 e. The second kappa shape index (κ2) is 7.97. The summed E-state index contributed by atoms with van der Waals surface area (Å²) in [7, 11) is 0. The monoisotopic (exact) mass is 448 g/mol. The van der Waals surface area contributed by atoms with E-state index in [9.17, 15) is 26.3 Å². The number of aryl methyl sites for hydroxylation is 1. The predicted molar refractivity (Wildman–Crippen MR) is 109 cm³/mol. The fourth-order valence-electron chi connectivity index (χ4n) is 3.69. The minimum atomic E-state index is -4.94. The van der Waals surface area contributed by atoms with Gasteiger partial charge >= 0.3 is 6.18 Å². The molecular weight excluding hydrogens is 433 g/mol. The van der Waals surface area contributed by atoms with Crippen molar-refractivity contribution in [3.8, 4) is 22.3 Å². The van der Waals surface area contributed by atoms with Gasteiger partial charge in [0.05, 0.1) is 11.1 Å². The van der Waals surface area contributed by atoms with Crippen molar-refractivity contribution < 1.29 is 30.7 Å². The summed E-state index contributed by atoms with van der Waals surface area (Å²) in [4.78, 5) is 0. The molecule has 7 heteroatoms. The average molecular weight is 448 g/mol. The van der Waals surface area contributed by atoms with Gasteiger partial charge in [0.1, 0.15) is 23.3 Å². The van der Waals surface area contributed by atoms with Crippen LogP contribution >= 0.6 is 0 Å². The molecule has 164 valence electrons. The van der Waals surface area contributed by atoms with Gasteiger partial charge in [0.25, 0.3) is 0 Å². The Morgan fingerprint density at radius 3 is 1.94 bits per heavy atom. The van der Waals surface area contributed by atoms with Crippen LogP contribution < -0.4 is 0 Å². The fraction of sp³-hybridized carbons (Fsp3) is 0.120. The summed E-state index contributed by atoms with van der Waals surface area (Å²) in [5.74, 6) is -4.61. The molecule has 0 atom stereocenters. The molecule has 0 unspecified atom stereocenters. The molecule has 4 aromatic carbocycles. The highest BCUT2D eigenvalue weighted by Gasteiger charge is 2.34. The Morgan fingerprint density at radius 1 is 0.688 bits per heavy atom. The van der Waals surface area contributed by atoms with Gasteiger partial charge in [0.2, 0.25) is 0 Å². The smallest absolute Gasteiger partial charge is 0.206 e. The molecule has 0 spiro atoms. The van der Waals surface area contributed by atoms with Gasteiger partial charge in [-0.25, -0.2) is 17.6 Å². The third kappa shape index (κ3) is 3.83. The van der Waals surface area contributed by atoms with E-state index in [2.05, 4.69) is 0 Å². The van der Waals surface area contributed by atoms with Gasteiger partial charge in [-0.15, -0.1) is 0 Å². The Hall–Kier alpha value is -3.35. The lowest BCUT2D eigenvalue weighted by Crippen LogP contribution is -2.08. The van der Waals surface area contributed by atoms with Crippen LogP contribution in [0, 0.1) is 23.3 Å². The van der Waals surface area contributed by atoms with Crippen LogP contribution in [0.3, 0.4) is 0 Å². The lowest BCUT2D eigenvalue weighted by molar-refractivity contribution is -0.139. The molecular formula is C25H15F7. The van der Waals surface area contributed by atoms with E-state index in [0.717, 1.165) is 30.2 Å². The van der Waals surface area contributed by atoms with E-state index in [1.807, 2.05) is 13.0 Å². The molecule has 0 amide bonds. The van der Waals surface area contributed by atoms with E-state index in [1.165, 1.54) is 6.07 Å². The molecule has 4 aromatic rings. The predicted octanol–water partition coefficient (Wildman–Crippen LogP) is 8.31. The van der Waals surface area contributed by atoms with Crippen LogP contribution in [-0.2, 0) is 12.6 Å². The van der Waals surface area contributed by atoms with Crippen molar-refractivity contribution in [1.29, 1.82) is 0 Å². The molecule has 0 radical (unpaired) electrons. The largest absolute Gasteiger partial charge is 0.419 e. The van der Waals surface area contributed by atoms with Crippen LogP contribution in [0.2, 0.25) is 0 Å². The number of rotatable bonds is 3. The first kappa shape index (κ1) is 21.9. The van der Waals surface area contributed by atoms with E-state index >= 15 is 4.39 Å². The highest BCUT2D eigenvalue weighted by molar-refractivity contribution is 5.89. The van der Waals surface area contributed by atoms with Gasteiger partial charge in [-0.1, -0.05) is 43.3 Å². The van der Waals surface area contributed by atoms with Crippen LogP contribution in [0.25, 0.3) is 33.0 Å². The van der Waals surface area contributed by atoms with Crippen LogP contribution in [0.1, 0.15) is 18.1 Å². The van der Waals surface area contributed by atoms with Crippen molar-refractivity contribution >= 4 is 10.8 Å². The zero-order valence-electron chi connectivity index (χ0n) is 16.6. The third-order valence-corrected chi connectivity index (χ3v) is 5.34. The quantitative estimate of drug-likeness (QED) is 0.277. The summed E-state index contributed by atoms with van der Waals surface area (Å²) >= 11 is 0. The molecule has 32 heavy (non-hydrogen) atoms. The molecule has 0 aliphatic heterocycles. The van der Waals surface area contributed by atoms with Gasteiger partial charge in [0.15, 0.2) is 0 Å². The van der Waals surface area contributed by atoms with Gasteiger partial charge in [0, 0.05) is 10.9 Å². The van der Waals surface area contributed by atoms with Crippen molar-refractivity contribution in [2.45, 2.75) is 19.5 Å². The topological polar surface area (TPSA) is 0 Å². The molecule has 4 rings (SSSR count).